The molecule has 0 saturated heterocycles. The molecule has 0 aliphatic heterocycles. The molecule has 9 nitrogen and oxygen atoms in total. The second-order valence-electron chi connectivity index (χ2n) is 6.35. The topological polar surface area (TPSA) is 142 Å². The predicted octanol–water partition coefficient (Wildman–Crippen LogP) is 1.75. The van der Waals surface area contributed by atoms with E-state index in [9.17, 15) is 34.6 Å². The van der Waals surface area contributed by atoms with Gasteiger partial charge in [0.15, 0.2) is 5.75 Å². The number of nitro benzene ring substituents is 1. The van der Waals surface area contributed by atoms with Crippen LogP contribution >= 0.6 is 0 Å². The molecule has 2 atom stereocenters. The van der Waals surface area contributed by atoms with Crippen LogP contribution in [0.15, 0.2) is 12.1 Å². The van der Waals surface area contributed by atoms with E-state index in [1.807, 2.05) is 0 Å². The molecule has 140 valence electrons. The molecule has 1 rings (SSSR count). The number of aromatic hydroxyl groups is 1. The van der Waals surface area contributed by atoms with Crippen molar-refractivity contribution < 1.29 is 34.2 Å². The fourth-order valence-electron chi connectivity index (χ4n) is 1.94. The van der Waals surface area contributed by atoms with Crippen molar-refractivity contribution >= 4 is 11.8 Å². The highest BCUT2D eigenvalue weighted by Gasteiger charge is 2.26. The lowest BCUT2D eigenvalue weighted by molar-refractivity contribution is -0.386. The number of phenolic OH excluding ortho intramolecular Hbond substituents is 1. The molecule has 0 aliphatic carbocycles. The maximum atomic E-state index is 13.8. The summed E-state index contributed by atoms with van der Waals surface area (Å²) in [5.74, 6) is -1.99. The van der Waals surface area contributed by atoms with E-state index in [1.54, 1.807) is 20.8 Å². The van der Waals surface area contributed by atoms with Crippen LogP contribution in [0.2, 0.25) is 0 Å². The van der Waals surface area contributed by atoms with E-state index in [1.165, 1.54) is 0 Å². The number of nitrogens with zero attached hydrogens (tertiary/aromatic N) is 1. The van der Waals surface area contributed by atoms with Crippen LogP contribution < -0.4 is 5.32 Å². The van der Waals surface area contributed by atoms with Crippen LogP contribution in [0.25, 0.3) is 0 Å². The average Bonchev–Trinajstić information content (AvgIpc) is 2.44. The van der Waals surface area contributed by atoms with Gasteiger partial charge >= 0.3 is 11.8 Å². The molecule has 0 aliphatic rings. The average molecular weight is 360 g/mol. The van der Waals surface area contributed by atoms with Gasteiger partial charge in [0.1, 0.15) is 17.5 Å². The van der Waals surface area contributed by atoms with Crippen LogP contribution in [-0.2, 0) is 4.74 Å². The van der Waals surface area contributed by atoms with Crippen molar-refractivity contribution in [3.63, 3.8) is 0 Å². The van der Waals surface area contributed by atoms with Crippen molar-refractivity contribution in [2.24, 2.45) is 0 Å². The minimum absolute atomic E-state index is 0.0745. The molecular formula is C15H21FN2O7. The second kappa shape index (κ2) is 8.08. The molecule has 0 radical (unpaired) electrons. The summed E-state index contributed by atoms with van der Waals surface area (Å²) in [4.78, 5) is 21.3. The van der Waals surface area contributed by atoms with Crippen molar-refractivity contribution in [3.05, 3.63) is 33.6 Å². The Hall–Kier alpha value is -2.46. The molecule has 0 spiro atoms. The lowest BCUT2D eigenvalue weighted by atomic mass is 10.0. The Balaban J connectivity index is 2.71. The van der Waals surface area contributed by atoms with Crippen molar-refractivity contribution in [3.8, 4) is 5.75 Å². The van der Waals surface area contributed by atoms with Crippen LogP contribution in [0.3, 0.4) is 0 Å². The van der Waals surface area contributed by atoms with Crippen LogP contribution in [0.5, 0.6) is 5.75 Å². The van der Waals surface area contributed by atoms with Crippen LogP contribution in [0.1, 0.15) is 38.9 Å². The van der Waals surface area contributed by atoms with Gasteiger partial charge in [-0.15, -0.1) is 0 Å². The fourth-order valence-corrected chi connectivity index (χ4v) is 1.94. The predicted molar refractivity (Wildman–Crippen MR) is 84.5 cm³/mol. The van der Waals surface area contributed by atoms with E-state index in [-0.39, 0.29) is 13.0 Å². The first-order valence-electron chi connectivity index (χ1n) is 7.42. The number of amides is 1. The van der Waals surface area contributed by atoms with E-state index in [0.29, 0.717) is 12.1 Å². The summed E-state index contributed by atoms with van der Waals surface area (Å²) >= 11 is 0. The van der Waals surface area contributed by atoms with Crippen LogP contribution in [0.4, 0.5) is 14.9 Å². The van der Waals surface area contributed by atoms with Crippen molar-refractivity contribution in [2.75, 3.05) is 6.54 Å². The molecule has 0 saturated carbocycles. The van der Waals surface area contributed by atoms with Gasteiger partial charge in [-0.25, -0.2) is 9.18 Å². The lowest BCUT2D eigenvalue weighted by Gasteiger charge is -2.21. The minimum Gasteiger partial charge on any atom is -0.502 e. The third kappa shape index (κ3) is 6.16. The van der Waals surface area contributed by atoms with Gasteiger partial charge in [0.05, 0.1) is 11.0 Å². The monoisotopic (exact) mass is 360 g/mol. The Morgan fingerprint density at radius 3 is 2.52 bits per heavy atom. The molecule has 0 fully saturated rings. The Morgan fingerprint density at radius 2 is 2.00 bits per heavy atom. The number of hydrogen-bond donors (Lipinski definition) is 4. The SMILES string of the molecule is CC(C)(C)OC(=O)NCCC(O)C(O)c1cc([N+](=O)[O-])c(O)cc1F. The molecule has 4 N–H and O–H groups in total. The first-order chi connectivity index (χ1) is 11.4. The van der Waals surface area contributed by atoms with Crippen molar-refractivity contribution in [1.82, 2.24) is 5.32 Å². The Bertz CT molecular complexity index is 646. The number of halogens is 1. The van der Waals surface area contributed by atoms with Crippen LogP contribution in [0, 0.1) is 15.9 Å². The number of nitro groups is 1. The smallest absolute Gasteiger partial charge is 0.407 e. The summed E-state index contributed by atoms with van der Waals surface area (Å²) in [6, 6.07) is 1.14. The number of nitrogens with one attached hydrogen (secondary N) is 1. The van der Waals surface area contributed by atoms with Gasteiger partial charge in [0.25, 0.3) is 0 Å². The van der Waals surface area contributed by atoms with Gasteiger partial charge in [0.2, 0.25) is 0 Å². The first kappa shape index (κ1) is 20.6. The zero-order chi connectivity index (χ0) is 19.4. The summed E-state index contributed by atoms with van der Waals surface area (Å²) in [6.45, 7) is 4.94. The highest BCUT2D eigenvalue weighted by Crippen LogP contribution is 2.32. The summed E-state index contributed by atoms with van der Waals surface area (Å²) in [5.41, 5.74) is -2.03. The number of rotatable bonds is 6. The van der Waals surface area contributed by atoms with Gasteiger partial charge in [-0.1, -0.05) is 0 Å². The number of hydrogen-bond acceptors (Lipinski definition) is 7. The van der Waals surface area contributed by atoms with Crippen molar-refractivity contribution in [1.29, 1.82) is 0 Å². The van der Waals surface area contributed by atoms with Gasteiger partial charge in [-0.05, 0) is 27.2 Å². The summed E-state index contributed by atoms with van der Waals surface area (Å²) in [6.07, 6.45) is -4.16. The van der Waals surface area contributed by atoms with E-state index in [0.717, 1.165) is 0 Å². The van der Waals surface area contributed by atoms with Gasteiger partial charge < -0.3 is 25.4 Å². The van der Waals surface area contributed by atoms with Gasteiger partial charge in [-0.3, -0.25) is 10.1 Å². The number of carbonyl (C=O) groups excluding carboxylic acids is 1. The second-order valence-corrected chi connectivity index (χ2v) is 6.35. The standard InChI is InChI=1S/C15H21FN2O7/c1-15(2,3)25-14(22)17-5-4-11(19)13(21)8-6-10(18(23)24)12(20)7-9(8)16/h6-7,11,13,19-21H,4-5H2,1-3H3,(H,17,22). The quantitative estimate of drug-likeness (QED) is 0.447. The molecule has 0 aromatic heterocycles. The lowest BCUT2D eigenvalue weighted by Crippen LogP contribution is -2.34. The molecule has 1 aromatic carbocycles. The molecular weight excluding hydrogens is 339 g/mol. The Morgan fingerprint density at radius 1 is 1.40 bits per heavy atom. The molecule has 1 amide bonds. The van der Waals surface area contributed by atoms with Gasteiger partial charge in [-0.2, -0.15) is 0 Å². The number of phenols is 1. The highest BCUT2D eigenvalue weighted by atomic mass is 19.1. The largest absolute Gasteiger partial charge is 0.502 e. The molecule has 25 heavy (non-hydrogen) atoms. The van der Waals surface area contributed by atoms with E-state index in [2.05, 4.69) is 5.32 Å². The zero-order valence-corrected chi connectivity index (χ0v) is 14.0. The number of alkyl carbamates (subject to hydrolysis) is 1. The summed E-state index contributed by atoms with van der Waals surface area (Å²) in [5, 5.41) is 42.3. The number of ether oxygens (including phenoxy) is 1. The van der Waals surface area contributed by atoms with Gasteiger partial charge in [0, 0.05) is 24.2 Å². The van der Waals surface area contributed by atoms with Crippen LogP contribution in [-0.4, -0.2) is 44.6 Å². The normalized spacial score (nSPS) is 13.8. The van der Waals surface area contributed by atoms with E-state index < -0.39 is 51.6 Å². The molecule has 1 aromatic rings. The summed E-state index contributed by atoms with van der Waals surface area (Å²) in [7, 11) is 0. The number of aliphatic hydroxyl groups is 2. The number of aliphatic hydroxyl groups excluding tert-OH is 2. The minimum atomic E-state index is -1.78. The molecule has 2 unspecified atom stereocenters. The Kier molecular flexibility index (Phi) is 6.65. The molecule has 10 heteroatoms. The van der Waals surface area contributed by atoms with Crippen molar-refractivity contribution in [2.45, 2.75) is 45.0 Å². The molecule has 0 bridgehead atoms. The number of benzene rings is 1. The van der Waals surface area contributed by atoms with E-state index in [4.69, 9.17) is 4.74 Å². The maximum absolute atomic E-state index is 13.8. The third-order valence-corrected chi connectivity index (χ3v) is 3.08. The van der Waals surface area contributed by atoms with E-state index >= 15 is 0 Å². The highest BCUT2D eigenvalue weighted by molar-refractivity contribution is 5.67. The maximum Gasteiger partial charge on any atom is 0.407 e. The Labute approximate surface area is 143 Å². The molecule has 0 heterocycles. The summed E-state index contributed by atoms with van der Waals surface area (Å²) < 4.78 is 18.8. The third-order valence-electron chi connectivity index (χ3n) is 3.08. The number of carbonyl (C=O) groups is 1. The fraction of sp³-hybridized carbons (Fsp3) is 0.533. The first-order valence-corrected chi connectivity index (χ1v) is 7.42. The zero-order valence-electron chi connectivity index (χ0n) is 14.0.